The summed E-state index contributed by atoms with van der Waals surface area (Å²) in [5, 5.41) is 0.631. The van der Waals surface area contributed by atoms with Crippen molar-refractivity contribution in [2.24, 2.45) is 0 Å². The van der Waals surface area contributed by atoms with Gasteiger partial charge in [-0.3, -0.25) is 14.5 Å². The summed E-state index contributed by atoms with van der Waals surface area (Å²) in [7, 11) is 0. The third kappa shape index (κ3) is 4.59. The Bertz CT molecular complexity index is 1450. The number of rotatable bonds is 7. The highest BCUT2D eigenvalue weighted by atomic mass is 32.2. The molecule has 1 aliphatic heterocycles. The molecule has 1 fully saturated rings. The first-order chi connectivity index (χ1) is 17.0. The van der Waals surface area contributed by atoms with Gasteiger partial charge >= 0.3 is 0 Å². The van der Waals surface area contributed by atoms with E-state index in [0.717, 1.165) is 33.9 Å². The minimum absolute atomic E-state index is 0.172. The lowest BCUT2D eigenvalue weighted by Gasteiger charge is -2.13. The molecule has 0 radical (unpaired) electrons. The molecule has 0 bridgehead atoms. The second-order valence-corrected chi connectivity index (χ2v) is 9.18. The van der Waals surface area contributed by atoms with Crippen LogP contribution in [-0.4, -0.2) is 33.8 Å². The van der Waals surface area contributed by atoms with Crippen molar-refractivity contribution >= 4 is 39.9 Å². The van der Waals surface area contributed by atoms with Gasteiger partial charge in [0.2, 0.25) is 0 Å². The number of carbonyl (C=O) groups excluding carboxylic acids is 2. The summed E-state index contributed by atoms with van der Waals surface area (Å²) in [5.41, 5.74) is 3.27. The van der Waals surface area contributed by atoms with Gasteiger partial charge in [-0.2, -0.15) is 0 Å². The molecule has 0 spiro atoms. The minimum atomic E-state index is -0.331. The van der Waals surface area contributed by atoms with Crippen LogP contribution in [0.4, 0.5) is 9.18 Å². The van der Waals surface area contributed by atoms with E-state index in [1.807, 2.05) is 72.2 Å². The molecule has 5 nitrogen and oxygen atoms in total. The van der Waals surface area contributed by atoms with Crippen LogP contribution in [0.25, 0.3) is 17.0 Å². The fraction of sp³-hybridized carbons (Fsp3) is 0.143. The van der Waals surface area contributed by atoms with Crippen LogP contribution >= 0.6 is 11.8 Å². The smallest absolute Gasteiger partial charge is 0.293 e. The van der Waals surface area contributed by atoms with Crippen molar-refractivity contribution in [2.75, 3.05) is 13.2 Å². The molecule has 4 aromatic rings. The summed E-state index contributed by atoms with van der Waals surface area (Å²) in [5.74, 6) is 0.0976. The van der Waals surface area contributed by atoms with Crippen LogP contribution in [0.5, 0.6) is 5.75 Å². The molecular weight excluding hydrogens is 463 g/mol. The normalized spacial score (nSPS) is 14.9. The van der Waals surface area contributed by atoms with E-state index in [-0.39, 0.29) is 30.1 Å². The van der Waals surface area contributed by atoms with Crippen LogP contribution in [0.1, 0.15) is 16.8 Å². The Balaban J connectivity index is 1.41. The van der Waals surface area contributed by atoms with Gasteiger partial charge in [0, 0.05) is 27.7 Å². The van der Waals surface area contributed by atoms with E-state index >= 15 is 0 Å². The zero-order chi connectivity index (χ0) is 24.4. The van der Waals surface area contributed by atoms with Crippen molar-refractivity contribution in [3.8, 4) is 5.75 Å². The van der Waals surface area contributed by atoms with E-state index in [0.29, 0.717) is 22.8 Å². The molecular formula is C28H23FN2O3S. The first-order valence-corrected chi connectivity index (χ1v) is 12.1. The molecule has 2 heterocycles. The van der Waals surface area contributed by atoms with Gasteiger partial charge in [0.1, 0.15) is 18.2 Å². The Morgan fingerprint density at radius 3 is 2.46 bits per heavy atom. The van der Waals surface area contributed by atoms with Gasteiger partial charge in [0.05, 0.1) is 18.0 Å². The summed E-state index contributed by atoms with van der Waals surface area (Å²) < 4.78 is 22.1. The van der Waals surface area contributed by atoms with Gasteiger partial charge in [0.15, 0.2) is 0 Å². The predicted octanol–water partition coefficient (Wildman–Crippen LogP) is 6.25. The SMILES string of the molecule is Cc1c(/C=C2\SC(=O)N(CCOc3ccccc3)C2=O)c2ccccc2n1Cc1ccccc1F. The quantitative estimate of drug-likeness (QED) is 0.290. The lowest BCUT2D eigenvalue weighted by molar-refractivity contribution is -0.123. The van der Waals surface area contributed by atoms with Crippen LogP contribution in [0, 0.1) is 12.7 Å². The number of imide groups is 1. The molecule has 7 heteroatoms. The molecule has 0 N–H and O–H groups in total. The zero-order valence-corrected chi connectivity index (χ0v) is 19.9. The summed E-state index contributed by atoms with van der Waals surface area (Å²) in [6.07, 6.45) is 1.78. The Morgan fingerprint density at radius 1 is 0.943 bits per heavy atom. The number of ether oxygens (including phenoxy) is 1. The van der Waals surface area contributed by atoms with Gasteiger partial charge in [-0.1, -0.05) is 54.6 Å². The van der Waals surface area contributed by atoms with Crippen molar-refractivity contribution in [2.45, 2.75) is 13.5 Å². The van der Waals surface area contributed by atoms with E-state index in [9.17, 15) is 14.0 Å². The number of carbonyl (C=O) groups is 2. The number of thioether (sulfide) groups is 1. The first kappa shape index (κ1) is 22.9. The number of fused-ring (bicyclic) bond motifs is 1. The molecule has 0 unspecified atom stereocenters. The molecule has 1 aromatic heterocycles. The summed E-state index contributed by atoms with van der Waals surface area (Å²) in [4.78, 5) is 27.2. The van der Waals surface area contributed by atoms with Crippen LogP contribution < -0.4 is 4.74 Å². The van der Waals surface area contributed by atoms with Crippen molar-refractivity contribution < 1.29 is 18.7 Å². The number of halogens is 1. The van der Waals surface area contributed by atoms with Crippen LogP contribution in [0.2, 0.25) is 0 Å². The molecule has 0 saturated carbocycles. The maximum Gasteiger partial charge on any atom is 0.293 e. The number of benzene rings is 3. The summed E-state index contributed by atoms with van der Waals surface area (Å²) in [6.45, 7) is 2.71. The number of hydrogen-bond donors (Lipinski definition) is 0. The second kappa shape index (κ2) is 9.80. The maximum absolute atomic E-state index is 14.4. The topological polar surface area (TPSA) is 51.5 Å². The predicted molar refractivity (Wildman–Crippen MR) is 137 cm³/mol. The molecule has 176 valence electrons. The van der Waals surface area contributed by atoms with Crippen molar-refractivity contribution in [3.05, 3.63) is 106 Å². The Kier molecular flexibility index (Phi) is 6.42. The highest BCUT2D eigenvalue weighted by Gasteiger charge is 2.35. The van der Waals surface area contributed by atoms with Crippen LogP contribution in [0.3, 0.4) is 0 Å². The first-order valence-electron chi connectivity index (χ1n) is 11.3. The molecule has 5 rings (SSSR count). The minimum Gasteiger partial charge on any atom is -0.492 e. The van der Waals surface area contributed by atoms with E-state index in [1.165, 1.54) is 11.0 Å². The third-order valence-electron chi connectivity index (χ3n) is 6.04. The lowest BCUT2D eigenvalue weighted by Crippen LogP contribution is -2.32. The average molecular weight is 487 g/mol. The molecule has 0 atom stereocenters. The van der Waals surface area contributed by atoms with E-state index < -0.39 is 0 Å². The highest BCUT2D eigenvalue weighted by Crippen LogP contribution is 2.36. The number of hydrogen-bond acceptors (Lipinski definition) is 4. The second-order valence-electron chi connectivity index (χ2n) is 8.19. The Labute approximate surface area is 206 Å². The van der Waals surface area contributed by atoms with Crippen molar-refractivity contribution in [1.29, 1.82) is 0 Å². The van der Waals surface area contributed by atoms with E-state index in [1.54, 1.807) is 18.2 Å². The molecule has 1 saturated heterocycles. The van der Waals surface area contributed by atoms with Gasteiger partial charge in [-0.05, 0) is 49.0 Å². The molecule has 2 amide bonds. The van der Waals surface area contributed by atoms with E-state index in [4.69, 9.17) is 4.74 Å². The number of amides is 2. The fourth-order valence-electron chi connectivity index (χ4n) is 4.24. The van der Waals surface area contributed by atoms with Gasteiger partial charge in [-0.15, -0.1) is 0 Å². The van der Waals surface area contributed by atoms with Gasteiger partial charge in [0.25, 0.3) is 11.1 Å². The number of aromatic nitrogens is 1. The maximum atomic E-state index is 14.4. The number of nitrogens with zero attached hydrogens (tertiary/aromatic N) is 2. The van der Waals surface area contributed by atoms with Crippen LogP contribution in [-0.2, 0) is 11.3 Å². The summed E-state index contributed by atoms with van der Waals surface area (Å²) in [6, 6.07) is 23.8. The molecule has 35 heavy (non-hydrogen) atoms. The lowest BCUT2D eigenvalue weighted by atomic mass is 10.1. The van der Waals surface area contributed by atoms with Crippen molar-refractivity contribution in [1.82, 2.24) is 9.47 Å². The zero-order valence-electron chi connectivity index (χ0n) is 19.1. The van der Waals surface area contributed by atoms with Gasteiger partial charge in [-0.25, -0.2) is 4.39 Å². The molecule has 0 aliphatic carbocycles. The molecule has 1 aliphatic rings. The van der Waals surface area contributed by atoms with Crippen LogP contribution in [0.15, 0.2) is 83.8 Å². The Hall–Kier alpha value is -3.84. The number of para-hydroxylation sites is 2. The third-order valence-corrected chi connectivity index (χ3v) is 6.95. The Morgan fingerprint density at radius 2 is 1.66 bits per heavy atom. The van der Waals surface area contributed by atoms with Gasteiger partial charge < -0.3 is 9.30 Å². The van der Waals surface area contributed by atoms with E-state index in [2.05, 4.69) is 0 Å². The molecule has 3 aromatic carbocycles. The fourth-order valence-corrected chi connectivity index (χ4v) is 5.08. The monoisotopic (exact) mass is 486 g/mol. The average Bonchev–Trinajstić information content (AvgIpc) is 3.29. The highest BCUT2D eigenvalue weighted by molar-refractivity contribution is 8.18. The standard InChI is InChI=1S/C28H23FN2O3S/c1-19-23(22-12-6-8-14-25(22)31(19)18-20-9-5-7-13-24(20)29)17-26-27(32)30(28(33)35-26)15-16-34-21-10-3-2-4-11-21/h2-14,17H,15-16,18H2,1H3/b26-17-. The summed E-state index contributed by atoms with van der Waals surface area (Å²) >= 11 is 0.930. The van der Waals surface area contributed by atoms with Crippen molar-refractivity contribution in [3.63, 3.8) is 0 Å². The largest absolute Gasteiger partial charge is 0.492 e.